The van der Waals surface area contributed by atoms with E-state index in [1.807, 2.05) is 24.4 Å². The van der Waals surface area contributed by atoms with Crippen molar-refractivity contribution < 1.29 is 9.18 Å². The lowest BCUT2D eigenvalue weighted by Crippen LogP contribution is -2.27. The first kappa shape index (κ1) is 12.6. The summed E-state index contributed by atoms with van der Waals surface area (Å²) in [6.45, 7) is 1.87. The molecule has 0 spiro atoms. The fourth-order valence-electron chi connectivity index (χ4n) is 1.61. The molecule has 0 saturated carbocycles. The van der Waals surface area contributed by atoms with Crippen LogP contribution in [-0.2, 0) is 0 Å². The molecule has 18 heavy (non-hydrogen) atoms. The fourth-order valence-corrected chi connectivity index (χ4v) is 2.34. The van der Waals surface area contributed by atoms with Gasteiger partial charge in [-0.05, 0) is 36.6 Å². The average Bonchev–Trinajstić information content (AvgIpc) is 2.85. The molecule has 2 rings (SSSR count). The molecule has 3 N–H and O–H groups in total. The van der Waals surface area contributed by atoms with Crippen molar-refractivity contribution in [1.82, 2.24) is 5.32 Å². The maximum absolute atomic E-state index is 13.1. The normalized spacial score (nSPS) is 12.1. The van der Waals surface area contributed by atoms with Crippen molar-refractivity contribution in [3.63, 3.8) is 0 Å². The van der Waals surface area contributed by atoms with Gasteiger partial charge in [0.1, 0.15) is 5.82 Å². The monoisotopic (exact) mass is 264 g/mol. The van der Waals surface area contributed by atoms with Crippen molar-refractivity contribution in [1.29, 1.82) is 0 Å². The Hall–Kier alpha value is -1.88. The second kappa shape index (κ2) is 5.18. The highest BCUT2D eigenvalue weighted by Crippen LogP contribution is 2.20. The third-order valence-corrected chi connectivity index (χ3v) is 3.63. The number of thiophene rings is 1. The van der Waals surface area contributed by atoms with Gasteiger partial charge in [0.2, 0.25) is 0 Å². The molecule has 1 aromatic carbocycles. The SMILES string of the molecule is C[C@H](NC(=O)c1cc(F)ccc1N)c1cccs1. The Morgan fingerprint density at radius 2 is 2.22 bits per heavy atom. The number of halogens is 1. The van der Waals surface area contributed by atoms with E-state index >= 15 is 0 Å². The lowest BCUT2D eigenvalue weighted by atomic mass is 10.1. The zero-order chi connectivity index (χ0) is 13.1. The van der Waals surface area contributed by atoms with E-state index in [0.717, 1.165) is 10.9 Å². The summed E-state index contributed by atoms with van der Waals surface area (Å²) in [6.07, 6.45) is 0. The number of nitrogens with two attached hydrogens (primary N) is 1. The van der Waals surface area contributed by atoms with Gasteiger partial charge in [0.25, 0.3) is 5.91 Å². The number of amides is 1. The van der Waals surface area contributed by atoms with Gasteiger partial charge in [-0.2, -0.15) is 0 Å². The van der Waals surface area contributed by atoms with Gasteiger partial charge in [0.15, 0.2) is 0 Å². The molecule has 3 nitrogen and oxygen atoms in total. The van der Waals surface area contributed by atoms with Crippen molar-refractivity contribution in [3.8, 4) is 0 Å². The molecule has 0 fully saturated rings. The molecule has 0 aliphatic rings. The van der Waals surface area contributed by atoms with Crippen LogP contribution in [0.15, 0.2) is 35.7 Å². The fraction of sp³-hybridized carbons (Fsp3) is 0.154. The second-order valence-electron chi connectivity index (χ2n) is 3.94. The highest BCUT2D eigenvalue weighted by atomic mass is 32.1. The second-order valence-corrected chi connectivity index (χ2v) is 4.92. The molecule has 5 heteroatoms. The summed E-state index contributed by atoms with van der Waals surface area (Å²) in [5.74, 6) is -0.842. The van der Waals surface area contributed by atoms with E-state index in [4.69, 9.17) is 5.73 Å². The minimum Gasteiger partial charge on any atom is -0.398 e. The van der Waals surface area contributed by atoms with Crippen molar-refractivity contribution in [2.75, 3.05) is 5.73 Å². The predicted octanol–water partition coefficient (Wildman–Crippen LogP) is 2.96. The van der Waals surface area contributed by atoms with Crippen LogP contribution in [0, 0.1) is 5.82 Å². The highest BCUT2D eigenvalue weighted by Gasteiger charge is 2.15. The van der Waals surface area contributed by atoms with Crippen molar-refractivity contribution in [3.05, 3.63) is 52.0 Å². The first-order valence-electron chi connectivity index (χ1n) is 5.47. The van der Waals surface area contributed by atoms with E-state index < -0.39 is 5.82 Å². The van der Waals surface area contributed by atoms with E-state index in [-0.39, 0.29) is 23.2 Å². The number of hydrogen-bond acceptors (Lipinski definition) is 3. The van der Waals surface area contributed by atoms with Gasteiger partial charge in [-0.1, -0.05) is 6.07 Å². The molecule has 0 aliphatic heterocycles. The van der Waals surface area contributed by atoms with Crippen LogP contribution in [0.4, 0.5) is 10.1 Å². The number of anilines is 1. The minimum atomic E-state index is -0.474. The molecule has 94 valence electrons. The Balaban J connectivity index is 2.15. The van der Waals surface area contributed by atoms with Crippen LogP contribution in [0.2, 0.25) is 0 Å². The first-order valence-corrected chi connectivity index (χ1v) is 6.35. The van der Waals surface area contributed by atoms with Gasteiger partial charge in [0, 0.05) is 10.6 Å². The molecular formula is C13H13FN2OS. The van der Waals surface area contributed by atoms with Crippen LogP contribution in [0.25, 0.3) is 0 Å². The van der Waals surface area contributed by atoms with Gasteiger partial charge in [-0.15, -0.1) is 11.3 Å². The standard InChI is InChI=1S/C13H13FN2OS/c1-8(12-3-2-6-18-12)16-13(17)10-7-9(14)4-5-11(10)15/h2-8H,15H2,1H3,(H,16,17)/t8-/m0/s1. The summed E-state index contributed by atoms with van der Waals surface area (Å²) in [7, 11) is 0. The zero-order valence-electron chi connectivity index (χ0n) is 9.81. The lowest BCUT2D eigenvalue weighted by molar-refractivity contribution is 0.0941. The zero-order valence-corrected chi connectivity index (χ0v) is 10.6. The quantitative estimate of drug-likeness (QED) is 0.837. The van der Waals surface area contributed by atoms with Crippen molar-refractivity contribution in [2.45, 2.75) is 13.0 Å². The molecule has 1 atom stereocenters. The number of rotatable bonds is 3. The van der Waals surface area contributed by atoms with Gasteiger partial charge in [-0.25, -0.2) is 4.39 Å². The van der Waals surface area contributed by atoms with Crippen LogP contribution >= 0.6 is 11.3 Å². The van der Waals surface area contributed by atoms with E-state index in [1.54, 1.807) is 11.3 Å². The smallest absolute Gasteiger partial charge is 0.253 e. The predicted molar refractivity (Wildman–Crippen MR) is 71.0 cm³/mol. The Morgan fingerprint density at radius 3 is 2.89 bits per heavy atom. The topological polar surface area (TPSA) is 55.1 Å². The Labute approximate surface area is 108 Å². The van der Waals surface area contributed by atoms with E-state index in [0.29, 0.717) is 0 Å². The Kier molecular flexibility index (Phi) is 3.62. The summed E-state index contributed by atoms with van der Waals surface area (Å²) in [5.41, 5.74) is 6.10. The van der Waals surface area contributed by atoms with Gasteiger partial charge in [-0.3, -0.25) is 4.79 Å². The summed E-state index contributed by atoms with van der Waals surface area (Å²) >= 11 is 1.56. The number of nitrogens with one attached hydrogen (secondary N) is 1. The lowest BCUT2D eigenvalue weighted by Gasteiger charge is -2.13. The Bertz CT molecular complexity index is 554. The molecule has 1 aromatic heterocycles. The molecule has 2 aromatic rings. The highest BCUT2D eigenvalue weighted by molar-refractivity contribution is 7.10. The molecular weight excluding hydrogens is 251 g/mol. The molecule has 1 amide bonds. The van der Waals surface area contributed by atoms with Gasteiger partial charge < -0.3 is 11.1 Å². The van der Waals surface area contributed by atoms with Crippen molar-refractivity contribution in [2.24, 2.45) is 0 Å². The number of nitrogen functional groups attached to an aromatic ring is 1. The molecule has 0 unspecified atom stereocenters. The van der Waals surface area contributed by atoms with E-state index in [2.05, 4.69) is 5.32 Å². The number of carbonyl (C=O) groups is 1. The van der Waals surface area contributed by atoms with Crippen molar-refractivity contribution >= 4 is 22.9 Å². The van der Waals surface area contributed by atoms with Crippen LogP contribution < -0.4 is 11.1 Å². The number of carbonyl (C=O) groups excluding carboxylic acids is 1. The third kappa shape index (κ3) is 2.68. The van der Waals surface area contributed by atoms with Crippen LogP contribution in [0.1, 0.15) is 28.2 Å². The first-order chi connectivity index (χ1) is 8.58. The molecule has 0 aliphatic carbocycles. The maximum Gasteiger partial charge on any atom is 0.253 e. The summed E-state index contributed by atoms with van der Waals surface area (Å²) in [4.78, 5) is 13.0. The maximum atomic E-state index is 13.1. The summed E-state index contributed by atoms with van der Waals surface area (Å²) in [5, 5.41) is 4.73. The summed E-state index contributed by atoms with van der Waals surface area (Å²) in [6, 6.07) is 7.49. The minimum absolute atomic E-state index is 0.125. The van der Waals surface area contributed by atoms with E-state index in [1.165, 1.54) is 12.1 Å². The van der Waals surface area contributed by atoms with Gasteiger partial charge >= 0.3 is 0 Å². The van der Waals surface area contributed by atoms with Gasteiger partial charge in [0.05, 0.1) is 11.6 Å². The third-order valence-electron chi connectivity index (χ3n) is 2.58. The Morgan fingerprint density at radius 1 is 1.44 bits per heavy atom. The van der Waals surface area contributed by atoms with Crippen LogP contribution in [-0.4, -0.2) is 5.91 Å². The number of hydrogen-bond donors (Lipinski definition) is 2. The van der Waals surface area contributed by atoms with E-state index in [9.17, 15) is 9.18 Å². The summed E-state index contributed by atoms with van der Waals surface area (Å²) < 4.78 is 13.1. The molecule has 1 heterocycles. The molecule has 0 saturated heterocycles. The number of benzene rings is 1. The largest absolute Gasteiger partial charge is 0.398 e. The molecule has 0 radical (unpaired) electrons. The van der Waals surface area contributed by atoms with Crippen LogP contribution in [0.3, 0.4) is 0 Å². The average molecular weight is 264 g/mol. The molecule has 0 bridgehead atoms. The van der Waals surface area contributed by atoms with Crippen LogP contribution in [0.5, 0.6) is 0 Å².